The molecule has 0 spiro atoms. The van der Waals surface area contributed by atoms with Crippen molar-refractivity contribution in [2.75, 3.05) is 31.5 Å². The van der Waals surface area contributed by atoms with E-state index in [1.165, 1.54) is 0 Å². The summed E-state index contributed by atoms with van der Waals surface area (Å²) < 4.78 is 0. The predicted molar refractivity (Wildman–Crippen MR) is 98.0 cm³/mol. The number of nitrogens with one attached hydrogen (secondary N) is 2. The lowest BCUT2D eigenvalue weighted by Crippen LogP contribution is -2.37. The number of rotatable bonds is 7. The highest BCUT2D eigenvalue weighted by molar-refractivity contribution is 6.40. The Morgan fingerprint density at radius 1 is 0.958 bits per heavy atom. The predicted octanol–water partition coefficient (Wildman–Crippen LogP) is 2.63. The van der Waals surface area contributed by atoms with Gasteiger partial charge in [0.15, 0.2) is 0 Å². The Hall–Kier alpha value is -2.40. The molecule has 2 aromatic rings. The third-order valence-corrected chi connectivity index (χ3v) is 4.08. The maximum Gasteiger partial charge on any atom is 0.313 e. The number of carbonyl (C=O) groups is 2. The molecular formula is C19H25N3O2. The standard InChI is InChI=1S/C19H25N3O2/c1-3-22(4-2)14-8-13-20-18(23)19(24)21-17-12-7-10-15-9-5-6-11-16(15)17/h5-7,9-12H,3-4,8,13-14H2,1-2H3,(H,20,23)(H,21,24). The van der Waals surface area contributed by atoms with Crippen LogP contribution in [0.15, 0.2) is 42.5 Å². The van der Waals surface area contributed by atoms with Crippen LogP contribution in [0.2, 0.25) is 0 Å². The first-order valence-electron chi connectivity index (χ1n) is 8.45. The molecule has 2 rings (SSSR count). The Balaban J connectivity index is 1.86. The van der Waals surface area contributed by atoms with Gasteiger partial charge >= 0.3 is 11.8 Å². The second-order valence-corrected chi connectivity index (χ2v) is 5.62. The van der Waals surface area contributed by atoms with Crippen LogP contribution in [0.3, 0.4) is 0 Å². The molecule has 2 aromatic carbocycles. The third-order valence-electron chi connectivity index (χ3n) is 4.08. The number of hydrogen-bond acceptors (Lipinski definition) is 3. The van der Waals surface area contributed by atoms with E-state index >= 15 is 0 Å². The van der Waals surface area contributed by atoms with Crippen molar-refractivity contribution in [3.63, 3.8) is 0 Å². The molecule has 128 valence electrons. The van der Waals surface area contributed by atoms with Crippen molar-refractivity contribution in [2.24, 2.45) is 0 Å². The van der Waals surface area contributed by atoms with Crippen LogP contribution >= 0.6 is 0 Å². The average molecular weight is 327 g/mol. The van der Waals surface area contributed by atoms with Gasteiger partial charge in [0.05, 0.1) is 0 Å². The Bertz CT molecular complexity index is 691. The van der Waals surface area contributed by atoms with Crippen LogP contribution in [-0.2, 0) is 9.59 Å². The summed E-state index contributed by atoms with van der Waals surface area (Å²) in [4.78, 5) is 26.3. The van der Waals surface area contributed by atoms with Crippen LogP contribution in [0.5, 0.6) is 0 Å². The Morgan fingerprint density at radius 3 is 2.42 bits per heavy atom. The van der Waals surface area contributed by atoms with E-state index in [-0.39, 0.29) is 0 Å². The zero-order valence-corrected chi connectivity index (χ0v) is 14.3. The van der Waals surface area contributed by atoms with Gasteiger partial charge in [-0.05, 0) is 37.5 Å². The summed E-state index contributed by atoms with van der Waals surface area (Å²) in [5.74, 6) is -1.23. The van der Waals surface area contributed by atoms with Gasteiger partial charge in [0.25, 0.3) is 0 Å². The van der Waals surface area contributed by atoms with Gasteiger partial charge in [-0.2, -0.15) is 0 Å². The van der Waals surface area contributed by atoms with E-state index in [1.807, 2.05) is 36.4 Å². The highest BCUT2D eigenvalue weighted by Crippen LogP contribution is 2.22. The molecule has 0 saturated heterocycles. The molecule has 5 heteroatoms. The van der Waals surface area contributed by atoms with Gasteiger partial charge < -0.3 is 15.5 Å². The van der Waals surface area contributed by atoms with Gasteiger partial charge in [0.1, 0.15) is 0 Å². The number of carbonyl (C=O) groups excluding carboxylic acids is 2. The fraction of sp³-hybridized carbons (Fsp3) is 0.368. The lowest BCUT2D eigenvalue weighted by Gasteiger charge is -2.17. The largest absolute Gasteiger partial charge is 0.348 e. The lowest BCUT2D eigenvalue weighted by molar-refractivity contribution is -0.136. The number of anilines is 1. The summed E-state index contributed by atoms with van der Waals surface area (Å²) in [5.41, 5.74) is 0.649. The third kappa shape index (κ3) is 4.80. The molecule has 0 unspecified atom stereocenters. The summed E-state index contributed by atoms with van der Waals surface area (Å²) in [5, 5.41) is 7.31. The van der Waals surface area contributed by atoms with Crippen LogP contribution in [0.25, 0.3) is 10.8 Å². The van der Waals surface area contributed by atoms with Gasteiger partial charge in [-0.1, -0.05) is 50.2 Å². The van der Waals surface area contributed by atoms with Crippen LogP contribution in [0, 0.1) is 0 Å². The molecule has 0 aromatic heterocycles. The Kier molecular flexibility index (Phi) is 6.75. The number of benzene rings is 2. The maximum absolute atomic E-state index is 12.1. The van der Waals surface area contributed by atoms with Crippen LogP contribution < -0.4 is 10.6 Å². The van der Waals surface area contributed by atoms with E-state index < -0.39 is 11.8 Å². The molecule has 0 aliphatic carbocycles. The monoisotopic (exact) mass is 327 g/mol. The van der Waals surface area contributed by atoms with E-state index in [4.69, 9.17) is 0 Å². The zero-order valence-electron chi connectivity index (χ0n) is 14.3. The molecule has 0 atom stereocenters. The highest BCUT2D eigenvalue weighted by Gasteiger charge is 2.14. The minimum atomic E-state index is -0.630. The van der Waals surface area contributed by atoms with Gasteiger partial charge in [-0.25, -0.2) is 0 Å². The first kappa shape index (κ1) is 17.9. The molecule has 5 nitrogen and oxygen atoms in total. The second-order valence-electron chi connectivity index (χ2n) is 5.62. The van der Waals surface area contributed by atoms with Crippen LogP contribution in [-0.4, -0.2) is 42.9 Å². The fourth-order valence-electron chi connectivity index (χ4n) is 2.64. The molecule has 2 amide bonds. The number of hydrogen-bond donors (Lipinski definition) is 2. The van der Waals surface area contributed by atoms with Crippen molar-refractivity contribution in [3.05, 3.63) is 42.5 Å². The molecule has 0 aliphatic rings. The van der Waals surface area contributed by atoms with Crippen molar-refractivity contribution in [1.82, 2.24) is 10.2 Å². The number of amides is 2. The summed E-state index contributed by atoms with van der Waals surface area (Å²) in [6.07, 6.45) is 0.828. The summed E-state index contributed by atoms with van der Waals surface area (Å²) in [6.45, 7) is 7.62. The van der Waals surface area contributed by atoms with Crippen molar-refractivity contribution in [1.29, 1.82) is 0 Å². The first-order valence-corrected chi connectivity index (χ1v) is 8.45. The van der Waals surface area contributed by atoms with E-state index in [0.717, 1.165) is 36.8 Å². The molecule has 0 saturated carbocycles. The van der Waals surface area contributed by atoms with E-state index in [9.17, 15) is 9.59 Å². The first-order chi connectivity index (χ1) is 11.7. The van der Waals surface area contributed by atoms with Crippen molar-refractivity contribution in [2.45, 2.75) is 20.3 Å². The minimum Gasteiger partial charge on any atom is -0.348 e. The molecular weight excluding hydrogens is 302 g/mol. The van der Waals surface area contributed by atoms with Crippen molar-refractivity contribution < 1.29 is 9.59 Å². The molecule has 24 heavy (non-hydrogen) atoms. The molecule has 2 N–H and O–H groups in total. The quantitative estimate of drug-likeness (QED) is 0.607. The van der Waals surface area contributed by atoms with E-state index in [1.54, 1.807) is 6.07 Å². The van der Waals surface area contributed by atoms with Crippen molar-refractivity contribution >= 4 is 28.3 Å². The summed E-state index contributed by atoms with van der Waals surface area (Å²) in [6, 6.07) is 13.4. The normalized spacial score (nSPS) is 10.8. The van der Waals surface area contributed by atoms with Gasteiger partial charge in [0, 0.05) is 17.6 Å². The molecule has 0 aliphatic heterocycles. The van der Waals surface area contributed by atoms with Gasteiger partial charge in [0.2, 0.25) is 0 Å². The van der Waals surface area contributed by atoms with Crippen molar-refractivity contribution in [3.8, 4) is 0 Å². The lowest BCUT2D eigenvalue weighted by atomic mass is 10.1. The van der Waals surface area contributed by atoms with Crippen LogP contribution in [0.4, 0.5) is 5.69 Å². The summed E-state index contributed by atoms with van der Waals surface area (Å²) in [7, 11) is 0. The number of fused-ring (bicyclic) bond motifs is 1. The minimum absolute atomic E-state index is 0.498. The van der Waals surface area contributed by atoms with E-state index in [0.29, 0.717) is 12.2 Å². The topological polar surface area (TPSA) is 61.4 Å². The van der Waals surface area contributed by atoms with E-state index in [2.05, 4.69) is 29.4 Å². The SMILES string of the molecule is CCN(CC)CCCNC(=O)C(=O)Nc1cccc2ccccc12. The summed E-state index contributed by atoms with van der Waals surface area (Å²) >= 11 is 0. The van der Waals surface area contributed by atoms with Gasteiger partial charge in [-0.15, -0.1) is 0 Å². The zero-order chi connectivity index (χ0) is 17.4. The Morgan fingerprint density at radius 2 is 1.67 bits per heavy atom. The highest BCUT2D eigenvalue weighted by atomic mass is 16.2. The molecule has 0 heterocycles. The average Bonchev–Trinajstić information content (AvgIpc) is 2.62. The second kappa shape index (κ2) is 9.03. The molecule has 0 radical (unpaired) electrons. The smallest absolute Gasteiger partial charge is 0.313 e. The molecule has 0 bridgehead atoms. The maximum atomic E-state index is 12.1. The molecule has 0 fully saturated rings. The fourth-order valence-corrected chi connectivity index (χ4v) is 2.64. The van der Waals surface area contributed by atoms with Crippen LogP contribution in [0.1, 0.15) is 20.3 Å². The Labute approximate surface area is 143 Å². The van der Waals surface area contributed by atoms with Gasteiger partial charge in [-0.3, -0.25) is 9.59 Å². The number of nitrogens with zero attached hydrogens (tertiary/aromatic N) is 1.